The standard InChI is InChI=1S/C19H29N3O/c1-15-7-5-8-16(2)17(15)9-6-12-21-18(23)19(22(3)4)10-13-20-14-11-19/h5-9,20H,10-14H2,1-4H3,(H,21,23). The Morgan fingerprint density at radius 1 is 1.26 bits per heavy atom. The Kier molecular flexibility index (Phi) is 5.97. The van der Waals surface area contributed by atoms with E-state index in [2.05, 4.69) is 53.7 Å². The zero-order valence-corrected chi connectivity index (χ0v) is 14.8. The highest BCUT2D eigenvalue weighted by molar-refractivity contribution is 5.86. The van der Waals surface area contributed by atoms with E-state index in [0.29, 0.717) is 6.54 Å². The number of likely N-dealkylation sites (N-methyl/N-ethyl adjacent to an activating group) is 1. The number of hydrogen-bond acceptors (Lipinski definition) is 3. The maximum Gasteiger partial charge on any atom is 0.240 e. The molecule has 4 nitrogen and oxygen atoms in total. The fourth-order valence-corrected chi connectivity index (χ4v) is 3.30. The lowest BCUT2D eigenvalue weighted by Crippen LogP contribution is -2.60. The normalized spacial score (nSPS) is 17.6. The summed E-state index contributed by atoms with van der Waals surface area (Å²) >= 11 is 0. The minimum Gasteiger partial charge on any atom is -0.351 e. The van der Waals surface area contributed by atoms with E-state index in [1.165, 1.54) is 16.7 Å². The molecule has 1 saturated heterocycles. The van der Waals surface area contributed by atoms with Gasteiger partial charge in [-0.1, -0.05) is 30.4 Å². The van der Waals surface area contributed by atoms with Crippen LogP contribution >= 0.6 is 0 Å². The number of amides is 1. The van der Waals surface area contributed by atoms with Gasteiger partial charge in [-0.05, 0) is 70.6 Å². The van der Waals surface area contributed by atoms with Crippen molar-refractivity contribution in [3.63, 3.8) is 0 Å². The van der Waals surface area contributed by atoms with Gasteiger partial charge in [-0.25, -0.2) is 0 Å². The van der Waals surface area contributed by atoms with E-state index in [9.17, 15) is 4.79 Å². The molecule has 2 rings (SSSR count). The molecule has 1 aliphatic rings. The van der Waals surface area contributed by atoms with Gasteiger partial charge in [0.2, 0.25) is 5.91 Å². The summed E-state index contributed by atoms with van der Waals surface area (Å²) in [5, 5.41) is 6.42. The maximum absolute atomic E-state index is 12.7. The molecule has 23 heavy (non-hydrogen) atoms. The summed E-state index contributed by atoms with van der Waals surface area (Å²) < 4.78 is 0. The van der Waals surface area contributed by atoms with Crippen LogP contribution in [0.5, 0.6) is 0 Å². The van der Waals surface area contributed by atoms with E-state index in [0.717, 1.165) is 25.9 Å². The fourth-order valence-electron chi connectivity index (χ4n) is 3.30. The van der Waals surface area contributed by atoms with E-state index in [1.54, 1.807) is 0 Å². The molecule has 0 spiro atoms. The fraction of sp³-hybridized carbons (Fsp3) is 0.526. The van der Waals surface area contributed by atoms with Crippen LogP contribution in [0.4, 0.5) is 0 Å². The van der Waals surface area contributed by atoms with Gasteiger partial charge in [0.1, 0.15) is 5.54 Å². The SMILES string of the molecule is Cc1cccc(C)c1C=CCNC(=O)C1(N(C)C)CCNCC1. The van der Waals surface area contributed by atoms with E-state index in [1.807, 2.05) is 20.2 Å². The number of hydrogen-bond donors (Lipinski definition) is 2. The molecule has 0 saturated carbocycles. The smallest absolute Gasteiger partial charge is 0.240 e. The number of piperidine rings is 1. The van der Waals surface area contributed by atoms with Crippen LogP contribution in [-0.2, 0) is 4.79 Å². The van der Waals surface area contributed by atoms with Gasteiger partial charge in [0.15, 0.2) is 0 Å². The first kappa shape index (κ1) is 17.7. The molecule has 126 valence electrons. The maximum atomic E-state index is 12.7. The van der Waals surface area contributed by atoms with Crippen molar-refractivity contribution in [1.82, 2.24) is 15.5 Å². The van der Waals surface area contributed by atoms with Crippen LogP contribution in [0, 0.1) is 13.8 Å². The third-order valence-electron chi connectivity index (χ3n) is 4.92. The molecule has 1 heterocycles. The van der Waals surface area contributed by atoms with Gasteiger partial charge in [0.25, 0.3) is 0 Å². The average molecular weight is 315 g/mol. The number of rotatable bonds is 5. The molecular formula is C19H29N3O. The topological polar surface area (TPSA) is 44.4 Å². The third-order valence-corrected chi connectivity index (χ3v) is 4.92. The largest absolute Gasteiger partial charge is 0.351 e. The Labute approximate surface area is 140 Å². The van der Waals surface area contributed by atoms with Crippen LogP contribution in [0.25, 0.3) is 6.08 Å². The minimum absolute atomic E-state index is 0.134. The van der Waals surface area contributed by atoms with Crippen LogP contribution in [0.2, 0.25) is 0 Å². The minimum atomic E-state index is -0.377. The number of nitrogens with zero attached hydrogens (tertiary/aromatic N) is 1. The van der Waals surface area contributed by atoms with Crippen molar-refractivity contribution in [3.05, 3.63) is 41.0 Å². The van der Waals surface area contributed by atoms with Crippen molar-refractivity contribution in [1.29, 1.82) is 0 Å². The lowest BCUT2D eigenvalue weighted by Gasteiger charge is -2.41. The number of aryl methyl sites for hydroxylation is 2. The summed E-state index contributed by atoms with van der Waals surface area (Å²) in [5.41, 5.74) is 3.38. The van der Waals surface area contributed by atoms with Gasteiger partial charge in [-0.15, -0.1) is 0 Å². The predicted octanol–water partition coefficient (Wildman–Crippen LogP) is 2.12. The molecule has 0 aromatic heterocycles. The highest BCUT2D eigenvalue weighted by Crippen LogP contribution is 2.24. The molecule has 0 aliphatic carbocycles. The summed E-state index contributed by atoms with van der Waals surface area (Å²) in [6, 6.07) is 6.30. The van der Waals surface area contributed by atoms with E-state index >= 15 is 0 Å². The van der Waals surface area contributed by atoms with Crippen LogP contribution in [0.3, 0.4) is 0 Å². The molecule has 0 bridgehead atoms. The zero-order chi connectivity index (χ0) is 16.9. The Morgan fingerprint density at radius 2 is 1.87 bits per heavy atom. The summed E-state index contributed by atoms with van der Waals surface area (Å²) in [6.45, 7) is 6.58. The quantitative estimate of drug-likeness (QED) is 0.875. The monoisotopic (exact) mass is 315 g/mol. The second-order valence-electron chi connectivity index (χ2n) is 6.59. The number of nitrogens with one attached hydrogen (secondary N) is 2. The molecule has 2 N–H and O–H groups in total. The molecule has 1 aliphatic heterocycles. The van der Waals surface area contributed by atoms with Gasteiger partial charge in [0.05, 0.1) is 0 Å². The summed E-state index contributed by atoms with van der Waals surface area (Å²) in [6.07, 6.45) is 5.85. The summed E-state index contributed by atoms with van der Waals surface area (Å²) in [4.78, 5) is 14.8. The van der Waals surface area contributed by atoms with Crippen molar-refractivity contribution in [2.75, 3.05) is 33.7 Å². The van der Waals surface area contributed by atoms with E-state index in [4.69, 9.17) is 0 Å². The summed E-state index contributed by atoms with van der Waals surface area (Å²) in [7, 11) is 3.99. The van der Waals surface area contributed by atoms with Crippen molar-refractivity contribution in [2.24, 2.45) is 0 Å². The Morgan fingerprint density at radius 3 is 2.43 bits per heavy atom. The Hall–Kier alpha value is -1.65. The first-order valence-electron chi connectivity index (χ1n) is 8.36. The molecule has 1 aromatic rings. The van der Waals surface area contributed by atoms with Crippen molar-refractivity contribution in [2.45, 2.75) is 32.2 Å². The molecule has 0 radical (unpaired) electrons. The predicted molar refractivity (Wildman–Crippen MR) is 96.5 cm³/mol. The molecule has 4 heteroatoms. The van der Waals surface area contributed by atoms with Gasteiger partial charge in [-0.2, -0.15) is 0 Å². The van der Waals surface area contributed by atoms with Crippen molar-refractivity contribution >= 4 is 12.0 Å². The Bertz CT molecular complexity index is 552. The van der Waals surface area contributed by atoms with Crippen molar-refractivity contribution < 1.29 is 4.79 Å². The average Bonchev–Trinajstić information content (AvgIpc) is 2.54. The van der Waals surface area contributed by atoms with Crippen molar-refractivity contribution in [3.8, 4) is 0 Å². The van der Waals surface area contributed by atoms with E-state index in [-0.39, 0.29) is 11.4 Å². The van der Waals surface area contributed by atoms with Crippen LogP contribution < -0.4 is 10.6 Å². The molecule has 1 aromatic carbocycles. The first-order chi connectivity index (χ1) is 11.0. The number of benzene rings is 1. The first-order valence-corrected chi connectivity index (χ1v) is 8.36. The molecule has 0 atom stereocenters. The van der Waals surface area contributed by atoms with E-state index < -0.39 is 0 Å². The molecule has 0 unspecified atom stereocenters. The highest BCUT2D eigenvalue weighted by Gasteiger charge is 2.41. The zero-order valence-electron chi connectivity index (χ0n) is 14.8. The van der Waals surface area contributed by atoms with Crippen LogP contribution in [0.1, 0.15) is 29.5 Å². The number of carbonyl (C=O) groups excluding carboxylic acids is 1. The second kappa shape index (κ2) is 7.75. The van der Waals surface area contributed by atoms with Gasteiger partial charge >= 0.3 is 0 Å². The lowest BCUT2D eigenvalue weighted by molar-refractivity contribution is -0.133. The highest BCUT2D eigenvalue weighted by atomic mass is 16.2. The molecule has 1 fully saturated rings. The number of carbonyl (C=O) groups is 1. The molecular weight excluding hydrogens is 286 g/mol. The second-order valence-corrected chi connectivity index (χ2v) is 6.59. The summed E-state index contributed by atoms with van der Waals surface area (Å²) in [5.74, 6) is 0.134. The van der Waals surface area contributed by atoms with Crippen LogP contribution in [0.15, 0.2) is 24.3 Å². The van der Waals surface area contributed by atoms with Crippen LogP contribution in [-0.4, -0.2) is 50.1 Å². The van der Waals surface area contributed by atoms with Gasteiger partial charge in [-0.3, -0.25) is 9.69 Å². The molecule has 1 amide bonds. The Balaban J connectivity index is 1.97. The lowest BCUT2D eigenvalue weighted by atomic mass is 9.86. The van der Waals surface area contributed by atoms with Gasteiger partial charge in [0, 0.05) is 6.54 Å². The third kappa shape index (κ3) is 4.01. The van der Waals surface area contributed by atoms with Gasteiger partial charge < -0.3 is 10.6 Å².